The quantitative estimate of drug-likeness (QED) is 0.777. The molecule has 1 heterocycles. The van der Waals surface area contributed by atoms with Gasteiger partial charge in [0.1, 0.15) is 6.61 Å². The standard InChI is InChI=1S/C15H15BrN2O3/c1-18(20-2)15(19)12-8-13(16)14(17-9-12)21-10-11-6-4-3-5-7-11/h3-9H,10H2,1-2H3. The van der Waals surface area contributed by atoms with E-state index in [1.165, 1.54) is 20.4 Å². The Morgan fingerprint density at radius 1 is 1.33 bits per heavy atom. The first-order valence-corrected chi connectivity index (χ1v) is 7.05. The van der Waals surface area contributed by atoms with E-state index < -0.39 is 0 Å². The van der Waals surface area contributed by atoms with Gasteiger partial charge in [-0.05, 0) is 27.6 Å². The fourth-order valence-electron chi connectivity index (χ4n) is 1.64. The van der Waals surface area contributed by atoms with E-state index in [4.69, 9.17) is 9.57 Å². The molecule has 0 radical (unpaired) electrons. The SMILES string of the molecule is CON(C)C(=O)c1cnc(OCc2ccccc2)c(Br)c1. The number of aromatic nitrogens is 1. The van der Waals surface area contributed by atoms with Gasteiger partial charge in [-0.25, -0.2) is 10.0 Å². The van der Waals surface area contributed by atoms with Crippen LogP contribution in [0.1, 0.15) is 15.9 Å². The van der Waals surface area contributed by atoms with Gasteiger partial charge >= 0.3 is 0 Å². The summed E-state index contributed by atoms with van der Waals surface area (Å²) in [5.74, 6) is 0.163. The van der Waals surface area contributed by atoms with Crippen LogP contribution in [0.4, 0.5) is 0 Å². The second-order valence-corrected chi connectivity index (χ2v) is 5.12. The van der Waals surface area contributed by atoms with Crippen molar-refractivity contribution >= 4 is 21.8 Å². The highest BCUT2D eigenvalue weighted by Gasteiger charge is 2.14. The van der Waals surface area contributed by atoms with Gasteiger partial charge in [-0.3, -0.25) is 9.63 Å². The molecule has 0 aliphatic carbocycles. The number of pyridine rings is 1. The highest BCUT2D eigenvalue weighted by Crippen LogP contribution is 2.24. The van der Waals surface area contributed by atoms with Crippen molar-refractivity contribution in [2.75, 3.05) is 14.2 Å². The van der Waals surface area contributed by atoms with Crippen LogP contribution in [0.25, 0.3) is 0 Å². The highest BCUT2D eigenvalue weighted by molar-refractivity contribution is 9.10. The molecule has 110 valence electrons. The normalized spacial score (nSPS) is 10.2. The van der Waals surface area contributed by atoms with Gasteiger partial charge in [0, 0.05) is 13.2 Å². The number of rotatable bonds is 5. The number of hydroxylamine groups is 2. The lowest BCUT2D eigenvalue weighted by Gasteiger charge is -2.14. The van der Waals surface area contributed by atoms with Gasteiger partial charge in [0.05, 0.1) is 17.1 Å². The van der Waals surface area contributed by atoms with Crippen molar-refractivity contribution in [3.8, 4) is 5.88 Å². The Morgan fingerprint density at radius 2 is 2.05 bits per heavy atom. The zero-order valence-corrected chi connectivity index (χ0v) is 13.3. The Morgan fingerprint density at radius 3 is 2.67 bits per heavy atom. The Labute approximate surface area is 131 Å². The van der Waals surface area contributed by atoms with E-state index in [2.05, 4.69) is 20.9 Å². The molecule has 2 aromatic rings. The molecule has 0 aliphatic rings. The summed E-state index contributed by atoms with van der Waals surface area (Å²) in [4.78, 5) is 20.9. The first-order chi connectivity index (χ1) is 10.1. The van der Waals surface area contributed by atoms with Gasteiger partial charge in [0.25, 0.3) is 5.91 Å². The molecule has 1 aromatic carbocycles. The van der Waals surface area contributed by atoms with Gasteiger partial charge in [0.2, 0.25) is 5.88 Å². The number of amides is 1. The molecule has 21 heavy (non-hydrogen) atoms. The third kappa shape index (κ3) is 4.03. The van der Waals surface area contributed by atoms with Crippen molar-refractivity contribution in [2.45, 2.75) is 6.61 Å². The lowest BCUT2D eigenvalue weighted by molar-refractivity contribution is -0.0757. The molecular weight excluding hydrogens is 336 g/mol. The molecule has 0 aliphatic heterocycles. The summed E-state index contributed by atoms with van der Waals surface area (Å²) >= 11 is 3.36. The Bertz CT molecular complexity index is 620. The maximum absolute atomic E-state index is 11.9. The minimum atomic E-state index is -0.277. The summed E-state index contributed by atoms with van der Waals surface area (Å²) in [6.45, 7) is 0.414. The van der Waals surface area contributed by atoms with E-state index in [0.717, 1.165) is 10.6 Å². The second kappa shape index (κ2) is 7.19. The molecule has 1 amide bonds. The summed E-state index contributed by atoms with van der Waals surface area (Å²) in [5, 5.41) is 1.13. The van der Waals surface area contributed by atoms with Crippen molar-refractivity contribution in [2.24, 2.45) is 0 Å². The van der Waals surface area contributed by atoms with Crippen LogP contribution in [-0.4, -0.2) is 30.1 Å². The summed E-state index contributed by atoms with van der Waals surface area (Å²) in [6, 6.07) is 11.4. The molecule has 0 atom stereocenters. The molecule has 0 fully saturated rings. The molecule has 0 spiro atoms. The van der Waals surface area contributed by atoms with Crippen molar-refractivity contribution in [1.29, 1.82) is 0 Å². The van der Waals surface area contributed by atoms with Crippen molar-refractivity contribution in [3.05, 3.63) is 58.2 Å². The summed E-state index contributed by atoms with van der Waals surface area (Å²) < 4.78 is 6.25. The second-order valence-electron chi connectivity index (χ2n) is 4.27. The molecule has 6 heteroatoms. The number of carbonyl (C=O) groups is 1. The van der Waals surface area contributed by atoms with Crippen molar-refractivity contribution < 1.29 is 14.4 Å². The van der Waals surface area contributed by atoms with Crippen LogP contribution >= 0.6 is 15.9 Å². The van der Waals surface area contributed by atoms with Crippen LogP contribution in [0.3, 0.4) is 0 Å². The van der Waals surface area contributed by atoms with Crippen molar-refractivity contribution in [3.63, 3.8) is 0 Å². The Balaban J connectivity index is 2.07. The molecule has 2 rings (SSSR count). The maximum atomic E-state index is 11.9. The molecule has 0 N–H and O–H groups in total. The first-order valence-electron chi connectivity index (χ1n) is 6.26. The number of halogens is 1. The molecule has 0 saturated carbocycles. The topological polar surface area (TPSA) is 51.7 Å². The monoisotopic (exact) mass is 350 g/mol. The average molecular weight is 351 g/mol. The van der Waals surface area contributed by atoms with Crippen LogP contribution in [0.15, 0.2) is 47.1 Å². The van der Waals surface area contributed by atoms with Gasteiger partial charge < -0.3 is 4.74 Å². The molecule has 0 unspecified atom stereocenters. The number of benzene rings is 1. The Kier molecular flexibility index (Phi) is 5.30. The smallest absolute Gasteiger partial charge is 0.278 e. The van der Waals surface area contributed by atoms with Crippen LogP contribution in [0.5, 0.6) is 5.88 Å². The molecule has 1 aromatic heterocycles. The average Bonchev–Trinajstić information content (AvgIpc) is 2.53. The summed E-state index contributed by atoms with van der Waals surface area (Å²) in [5.41, 5.74) is 1.46. The molecule has 5 nitrogen and oxygen atoms in total. The number of carbonyl (C=O) groups excluding carboxylic acids is 1. The van der Waals surface area contributed by atoms with E-state index in [1.54, 1.807) is 6.07 Å². The molecule has 0 bridgehead atoms. The largest absolute Gasteiger partial charge is 0.472 e. The van der Waals surface area contributed by atoms with Crippen LogP contribution in [-0.2, 0) is 11.4 Å². The third-order valence-electron chi connectivity index (χ3n) is 2.83. The van der Waals surface area contributed by atoms with Crippen LogP contribution in [0, 0.1) is 0 Å². The summed E-state index contributed by atoms with van der Waals surface area (Å²) in [6.07, 6.45) is 1.46. The molecule has 0 saturated heterocycles. The predicted octanol–water partition coefficient (Wildman–Crippen LogP) is 3.06. The fraction of sp³-hybridized carbons (Fsp3) is 0.200. The van der Waals surface area contributed by atoms with Crippen LogP contribution in [0.2, 0.25) is 0 Å². The number of hydrogen-bond acceptors (Lipinski definition) is 4. The van der Waals surface area contributed by atoms with E-state index in [-0.39, 0.29) is 5.91 Å². The third-order valence-corrected chi connectivity index (χ3v) is 3.40. The maximum Gasteiger partial charge on any atom is 0.278 e. The van der Waals surface area contributed by atoms with Crippen LogP contribution < -0.4 is 4.74 Å². The van der Waals surface area contributed by atoms with Gasteiger partial charge in [0.15, 0.2) is 0 Å². The minimum Gasteiger partial charge on any atom is -0.472 e. The zero-order chi connectivity index (χ0) is 15.2. The van der Waals surface area contributed by atoms with Gasteiger partial charge in [-0.2, -0.15) is 0 Å². The number of nitrogens with zero attached hydrogens (tertiary/aromatic N) is 2. The summed E-state index contributed by atoms with van der Waals surface area (Å²) in [7, 11) is 2.97. The predicted molar refractivity (Wildman–Crippen MR) is 81.8 cm³/mol. The number of hydrogen-bond donors (Lipinski definition) is 0. The van der Waals surface area contributed by atoms with Crippen molar-refractivity contribution in [1.82, 2.24) is 10.0 Å². The van der Waals surface area contributed by atoms with Gasteiger partial charge in [-0.15, -0.1) is 0 Å². The first kappa shape index (κ1) is 15.5. The lowest BCUT2D eigenvalue weighted by Crippen LogP contribution is -2.25. The number of ether oxygens (including phenoxy) is 1. The molecular formula is C15H15BrN2O3. The van der Waals surface area contributed by atoms with E-state index in [0.29, 0.717) is 22.5 Å². The fourth-order valence-corrected chi connectivity index (χ4v) is 2.10. The minimum absolute atomic E-state index is 0.277. The Hall–Kier alpha value is -1.92. The van der Waals surface area contributed by atoms with E-state index in [9.17, 15) is 4.79 Å². The van der Waals surface area contributed by atoms with E-state index in [1.807, 2.05) is 30.3 Å². The highest BCUT2D eigenvalue weighted by atomic mass is 79.9. The zero-order valence-electron chi connectivity index (χ0n) is 11.7. The van der Waals surface area contributed by atoms with Gasteiger partial charge in [-0.1, -0.05) is 30.3 Å². The lowest BCUT2D eigenvalue weighted by atomic mass is 10.2. The van der Waals surface area contributed by atoms with E-state index >= 15 is 0 Å².